The Kier molecular flexibility index (Phi) is 7.55. The van der Waals surface area contributed by atoms with Crippen LogP contribution in [0.4, 0.5) is 0 Å². The molecule has 176 valence electrons. The summed E-state index contributed by atoms with van der Waals surface area (Å²) in [7, 11) is 0.612. The predicted molar refractivity (Wildman–Crippen MR) is 123 cm³/mol. The van der Waals surface area contributed by atoms with E-state index in [0.717, 1.165) is 5.56 Å². The molecular weight excluding hydrogens is 470 g/mol. The van der Waals surface area contributed by atoms with Crippen molar-refractivity contribution in [3.63, 3.8) is 0 Å². The van der Waals surface area contributed by atoms with Crippen LogP contribution >= 0.6 is 11.6 Å². The Balaban J connectivity index is 1.74. The highest BCUT2D eigenvalue weighted by molar-refractivity contribution is 7.90. The van der Waals surface area contributed by atoms with Gasteiger partial charge < -0.3 is 23.9 Å². The van der Waals surface area contributed by atoms with Crippen molar-refractivity contribution in [2.24, 2.45) is 0 Å². The lowest BCUT2D eigenvalue weighted by atomic mass is 10.1. The second kappa shape index (κ2) is 10.2. The Morgan fingerprint density at radius 1 is 0.970 bits per heavy atom. The number of halogens is 1. The zero-order valence-corrected chi connectivity index (χ0v) is 20.1. The maximum absolute atomic E-state index is 12.9. The van der Waals surface area contributed by atoms with Gasteiger partial charge >= 0.3 is 0 Å². The van der Waals surface area contributed by atoms with Crippen molar-refractivity contribution >= 4 is 27.3 Å². The van der Waals surface area contributed by atoms with Gasteiger partial charge in [-0.05, 0) is 55.0 Å². The maximum Gasteiger partial charge on any atom is 0.287 e. The molecule has 2 aromatic carbocycles. The Morgan fingerprint density at radius 2 is 1.64 bits per heavy atom. The van der Waals surface area contributed by atoms with Crippen molar-refractivity contribution in [2.75, 3.05) is 21.3 Å². The molecule has 3 aromatic rings. The summed E-state index contributed by atoms with van der Waals surface area (Å²) in [6.45, 7) is 1.80. The first-order valence-corrected chi connectivity index (χ1v) is 11.9. The van der Waals surface area contributed by atoms with E-state index in [1.807, 2.05) is 6.07 Å². The Morgan fingerprint density at radius 3 is 2.30 bits per heavy atom. The molecule has 3 rings (SSSR count). The van der Waals surface area contributed by atoms with Crippen LogP contribution in [-0.4, -0.2) is 35.7 Å². The second-order valence-corrected chi connectivity index (χ2v) is 9.52. The molecule has 0 aliphatic carbocycles. The molecule has 33 heavy (non-hydrogen) atoms. The summed E-state index contributed by atoms with van der Waals surface area (Å²) in [5.74, 6) is 0.453. The number of benzene rings is 2. The highest BCUT2D eigenvalue weighted by Crippen LogP contribution is 2.31. The number of methoxy groups -OCH3 is 3. The topological polar surface area (TPSA) is 104 Å². The molecule has 1 atom stereocenters. The number of amides is 1. The second-order valence-electron chi connectivity index (χ2n) is 7.13. The third-order valence-corrected chi connectivity index (χ3v) is 6.82. The van der Waals surface area contributed by atoms with E-state index in [1.165, 1.54) is 44.6 Å². The highest BCUT2D eigenvalue weighted by atomic mass is 35.5. The lowest BCUT2D eigenvalue weighted by Crippen LogP contribution is -2.26. The van der Waals surface area contributed by atoms with Gasteiger partial charge in [-0.3, -0.25) is 4.79 Å². The zero-order valence-electron chi connectivity index (χ0n) is 18.5. The Labute approximate surface area is 197 Å². The molecule has 10 heteroatoms. The molecule has 1 heterocycles. The van der Waals surface area contributed by atoms with Crippen molar-refractivity contribution in [1.29, 1.82) is 0 Å². The largest absolute Gasteiger partial charge is 0.495 e. The van der Waals surface area contributed by atoms with Crippen LogP contribution in [0.5, 0.6) is 17.2 Å². The summed E-state index contributed by atoms with van der Waals surface area (Å²) in [6, 6.07) is 12.2. The number of rotatable bonds is 9. The van der Waals surface area contributed by atoms with Gasteiger partial charge in [0.05, 0.1) is 27.4 Å². The van der Waals surface area contributed by atoms with Gasteiger partial charge in [0.25, 0.3) is 5.91 Å². The van der Waals surface area contributed by atoms with Gasteiger partial charge in [-0.1, -0.05) is 17.7 Å². The van der Waals surface area contributed by atoms with Gasteiger partial charge in [0.1, 0.15) is 22.2 Å². The van der Waals surface area contributed by atoms with Crippen LogP contribution in [0.2, 0.25) is 5.02 Å². The van der Waals surface area contributed by atoms with Crippen LogP contribution in [0.15, 0.2) is 57.8 Å². The van der Waals surface area contributed by atoms with Gasteiger partial charge in [0, 0.05) is 5.02 Å². The fourth-order valence-electron chi connectivity index (χ4n) is 3.21. The number of hydrogen-bond donors (Lipinski definition) is 1. The van der Waals surface area contributed by atoms with Crippen LogP contribution in [0.1, 0.15) is 34.8 Å². The van der Waals surface area contributed by atoms with Crippen LogP contribution < -0.4 is 19.5 Å². The lowest BCUT2D eigenvalue weighted by Gasteiger charge is -2.16. The van der Waals surface area contributed by atoms with E-state index < -0.39 is 21.5 Å². The molecule has 0 aliphatic heterocycles. The smallest absolute Gasteiger partial charge is 0.287 e. The Hall–Kier alpha value is -3.17. The summed E-state index contributed by atoms with van der Waals surface area (Å²) >= 11 is 5.95. The number of ether oxygens (including phenoxy) is 3. The number of carbonyl (C=O) groups excluding carboxylic acids is 1. The average Bonchev–Trinajstić information content (AvgIpc) is 3.26. The van der Waals surface area contributed by atoms with Gasteiger partial charge in [0.2, 0.25) is 0 Å². The first kappa shape index (κ1) is 24.5. The van der Waals surface area contributed by atoms with Crippen LogP contribution in [0, 0.1) is 0 Å². The van der Waals surface area contributed by atoms with Crippen molar-refractivity contribution < 1.29 is 31.8 Å². The molecule has 1 amide bonds. The standard InChI is InChI=1S/C23H24ClNO7S/c1-14(15-5-8-18(29-2)21(11-15)31-4)25-23(26)20-10-7-17(32-20)13-33(27,28)22-12-16(24)6-9-19(22)30-3/h5-12,14H,13H2,1-4H3,(H,25,26)/t14-/m0/s1. The van der Waals surface area contributed by atoms with E-state index in [1.54, 1.807) is 26.2 Å². The van der Waals surface area contributed by atoms with E-state index in [9.17, 15) is 13.2 Å². The van der Waals surface area contributed by atoms with E-state index in [2.05, 4.69) is 5.32 Å². The van der Waals surface area contributed by atoms with Gasteiger partial charge in [-0.25, -0.2) is 8.42 Å². The molecule has 0 radical (unpaired) electrons. The number of nitrogens with one attached hydrogen (secondary N) is 1. The third-order valence-electron chi connectivity index (χ3n) is 4.93. The fourth-order valence-corrected chi connectivity index (χ4v) is 4.90. The Bertz CT molecular complexity index is 1250. The third kappa shape index (κ3) is 5.61. The minimum atomic E-state index is -3.83. The van der Waals surface area contributed by atoms with E-state index in [4.69, 9.17) is 30.2 Å². The molecule has 0 unspecified atom stereocenters. The van der Waals surface area contributed by atoms with E-state index in [-0.39, 0.29) is 33.2 Å². The van der Waals surface area contributed by atoms with Crippen molar-refractivity contribution in [1.82, 2.24) is 5.32 Å². The molecule has 1 N–H and O–H groups in total. The monoisotopic (exact) mass is 493 g/mol. The summed E-state index contributed by atoms with van der Waals surface area (Å²) in [4.78, 5) is 12.6. The number of furan rings is 1. The minimum absolute atomic E-state index is 0.00872. The van der Waals surface area contributed by atoms with E-state index >= 15 is 0 Å². The lowest BCUT2D eigenvalue weighted by molar-refractivity contribution is 0.0910. The normalized spacial score (nSPS) is 12.2. The number of carbonyl (C=O) groups is 1. The fraction of sp³-hybridized carbons (Fsp3) is 0.261. The van der Waals surface area contributed by atoms with Crippen molar-refractivity contribution in [3.05, 3.63) is 70.6 Å². The first-order valence-electron chi connectivity index (χ1n) is 9.86. The van der Waals surface area contributed by atoms with E-state index in [0.29, 0.717) is 11.5 Å². The average molecular weight is 494 g/mol. The van der Waals surface area contributed by atoms with Gasteiger partial charge in [0.15, 0.2) is 27.1 Å². The van der Waals surface area contributed by atoms with Crippen molar-refractivity contribution in [2.45, 2.75) is 23.6 Å². The molecule has 0 spiro atoms. The SMILES string of the molecule is COc1ccc([C@H](C)NC(=O)c2ccc(CS(=O)(=O)c3cc(Cl)ccc3OC)o2)cc1OC. The molecule has 0 saturated heterocycles. The van der Waals surface area contributed by atoms with Gasteiger partial charge in [-0.2, -0.15) is 0 Å². The van der Waals surface area contributed by atoms with Crippen LogP contribution in [0.3, 0.4) is 0 Å². The molecule has 8 nitrogen and oxygen atoms in total. The molecular formula is C23H24ClNO7S. The highest BCUT2D eigenvalue weighted by Gasteiger charge is 2.24. The van der Waals surface area contributed by atoms with Crippen LogP contribution in [0.25, 0.3) is 0 Å². The molecule has 0 fully saturated rings. The first-order chi connectivity index (χ1) is 15.7. The molecule has 1 aromatic heterocycles. The quantitative estimate of drug-likeness (QED) is 0.470. The number of sulfone groups is 1. The van der Waals surface area contributed by atoms with Crippen molar-refractivity contribution in [3.8, 4) is 17.2 Å². The maximum atomic E-state index is 12.9. The summed E-state index contributed by atoms with van der Waals surface area (Å²) < 4.78 is 46.9. The zero-order chi connectivity index (χ0) is 24.2. The molecule has 0 bridgehead atoms. The predicted octanol–water partition coefficient (Wildman–Crippen LogP) is 4.42. The molecule has 0 aliphatic rings. The van der Waals surface area contributed by atoms with Crippen LogP contribution in [-0.2, 0) is 15.6 Å². The minimum Gasteiger partial charge on any atom is -0.495 e. The summed E-state index contributed by atoms with van der Waals surface area (Å²) in [6.07, 6.45) is 0. The summed E-state index contributed by atoms with van der Waals surface area (Å²) in [5.41, 5.74) is 0.795. The van der Waals surface area contributed by atoms with Gasteiger partial charge in [-0.15, -0.1) is 0 Å². The summed E-state index contributed by atoms with van der Waals surface area (Å²) in [5, 5.41) is 3.08. The molecule has 0 saturated carbocycles. The number of hydrogen-bond acceptors (Lipinski definition) is 7.